The Labute approximate surface area is 133 Å². The first-order valence-corrected chi connectivity index (χ1v) is 7.60. The van der Waals surface area contributed by atoms with Crippen LogP contribution in [0.15, 0.2) is 36.4 Å². The highest BCUT2D eigenvalue weighted by Gasteiger charge is 2.20. The van der Waals surface area contributed by atoms with E-state index in [2.05, 4.69) is 22.8 Å². The van der Waals surface area contributed by atoms with E-state index in [9.17, 15) is 4.39 Å². The van der Waals surface area contributed by atoms with Crippen LogP contribution in [-0.4, -0.2) is 6.54 Å². The Bertz CT molecular complexity index is 637. The maximum Gasteiger partial charge on any atom is 0.126 e. The van der Waals surface area contributed by atoms with Gasteiger partial charge in [-0.3, -0.25) is 0 Å². The normalized spacial score (nSPS) is 18.0. The molecular weight excluding hydrogens is 310 g/mol. The lowest BCUT2D eigenvalue weighted by Crippen LogP contribution is -2.15. The van der Waals surface area contributed by atoms with Gasteiger partial charge in [0.25, 0.3) is 0 Å². The van der Waals surface area contributed by atoms with Gasteiger partial charge in [-0.05, 0) is 36.2 Å². The van der Waals surface area contributed by atoms with Gasteiger partial charge >= 0.3 is 0 Å². The minimum absolute atomic E-state index is 0.0941. The molecule has 1 unspecified atom stereocenters. The van der Waals surface area contributed by atoms with Crippen molar-refractivity contribution >= 4 is 28.9 Å². The molecule has 5 heteroatoms. The van der Waals surface area contributed by atoms with Crippen molar-refractivity contribution in [2.45, 2.75) is 19.0 Å². The number of anilines is 1. The average molecular weight is 325 g/mol. The fraction of sp³-hybridized carbons (Fsp3) is 0.250. The molecule has 1 heterocycles. The monoisotopic (exact) mass is 324 g/mol. The number of hydrogen-bond donors (Lipinski definition) is 2. The predicted octanol–water partition coefficient (Wildman–Crippen LogP) is 4.78. The summed E-state index contributed by atoms with van der Waals surface area (Å²) in [6, 6.07) is 10.9. The number of halogens is 3. The first-order valence-electron chi connectivity index (χ1n) is 6.85. The SMILES string of the molecule is Fc1cc(Cl)c(NC2CCNCc3ccccc32)c(Cl)c1. The number of nitrogens with one attached hydrogen (secondary N) is 2. The molecule has 2 aromatic carbocycles. The number of benzene rings is 2. The number of fused-ring (bicyclic) bond motifs is 1. The Morgan fingerprint density at radius 3 is 2.62 bits per heavy atom. The molecule has 3 rings (SSSR count). The van der Waals surface area contributed by atoms with Crippen molar-refractivity contribution in [2.24, 2.45) is 0 Å². The van der Waals surface area contributed by atoms with Crippen LogP contribution >= 0.6 is 23.2 Å². The van der Waals surface area contributed by atoms with E-state index in [1.54, 1.807) is 0 Å². The Morgan fingerprint density at radius 1 is 1.14 bits per heavy atom. The molecule has 1 aliphatic rings. The first-order chi connectivity index (χ1) is 10.1. The summed E-state index contributed by atoms with van der Waals surface area (Å²) in [6.07, 6.45) is 0.904. The van der Waals surface area contributed by atoms with E-state index >= 15 is 0 Å². The molecule has 2 N–H and O–H groups in total. The van der Waals surface area contributed by atoms with Gasteiger partial charge in [-0.1, -0.05) is 47.5 Å². The van der Waals surface area contributed by atoms with Gasteiger partial charge in [-0.15, -0.1) is 0 Å². The van der Waals surface area contributed by atoms with Crippen LogP contribution in [0.1, 0.15) is 23.6 Å². The van der Waals surface area contributed by atoms with E-state index in [4.69, 9.17) is 23.2 Å². The average Bonchev–Trinajstić information content (AvgIpc) is 2.65. The summed E-state index contributed by atoms with van der Waals surface area (Å²) in [4.78, 5) is 0. The molecule has 21 heavy (non-hydrogen) atoms. The molecule has 0 spiro atoms. The highest BCUT2D eigenvalue weighted by Crippen LogP contribution is 2.36. The first kappa shape index (κ1) is 14.6. The lowest BCUT2D eigenvalue weighted by Gasteiger charge is -2.22. The Balaban J connectivity index is 1.95. The smallest absolute Gasteiger partial charge is 0.126 e. The molecule has 110 valence electrons. The van der Waals surface area contributed by atoms with Crippen molar-refractivity contribution in [2.75, 3.05) is 11.9 Å². The molecular formula is C16H15Cl2FN2. The fourth-order valence-corrected chi connectivity index (χ4v) is 3.23. The molecule has 0 radical (unpaired) electrons. The lowest BCUT2D eigenvalue weighted by atomic mass is 9.99. The molecule has 0 bridgehead atoms. The molecule has 0 aromatic heterocycles. The Kier molecular flexibility index (Phi) is 4.34. The maximum atomic E-state index is 13.3. The topological polar surface area (TPSA) is 24.1 Å². The molecule has 0 aliphatic carbocycles. The van der Waals surface area contributed by atoms with Gasteiger partial charge < -0.3 is 10.6 Å². The molecule has 0 saturated heterocycles. The van der Waals surface area contributed by atoms with Gasteiger partial charge in [-0.2, -0.15) is 0 Å². The Morgan fingerprint density at radius 2 is 1.86 bits per heavy atom. The predicted molar refractivity (Wildman–Crippen MR) is 85.5 cm³/mol. The number of hydrogen-bond acceptors (Lipinski definition) is 2. The minimum Gasteiger partial charge on any atom is -0.376 e. The summed E-state index contributed by atoms with van der Waals surface area (Å²) >= 11 is 12.2. The third-order valence-electron chi connectivity index (χ3n) is 3.68. The summed E-state index contributed by atoms with van der Waals surface area (Å²) in [5, 5.41) is 7.36. The third kappa shape index (κ3) is 3.15. The summed E-state index contributed by atoms with van der Waals surface area (Å²) in [5.74, 6) is -0.432. The maximum absolute atomic E-state index is 13.3. The van der Waals surface area contributed by atoms with E-state index in [1.807, 2.05) is 12.1 Å². The van der Waals surface area contributed by atoms with Crippen LogP contribution in [0.5, 0.6) is 0 Å². The van der Waals surface area contributed by atoms with Gasteiger partial charge in [0.05, 0.1) is 21.8 Å². The standard InChI is InChI=1S/C16H15Cl2FN2/c17-13-7-11(19)8-14(18)16(13)21-15-5-6-20-9-10-3-1-2-4-12(10)15/h1-4,7-8,15,20-21H,5-6,9H2. The molecule has 0 amide bonds. The van der Waals surface area contributed by atoms with Crippen LogP contribution in [0.3, 0.4) is 0 Å². The van der Waals surface area contributed by atoms with Crippen LogP contribution in [0, 0.1) is 5.82 Å². The van der Waals surface area contributed by atoms with Crippen molar-refractivity contribution < 1.29 is 4.39 Å². The zero-order chi connectivity index (χ0) is 14.8. The molecule has 1 atom stereocenters. The second-order valence-electron chi connectivity index (χ2n) is 5.11. The zero-order valence-corrected chi connectivity index (χ0v) is 12.8. The van der Waals surface area contributed by atoms with Crippen LogP contribution in [0.25, 0.3) is 0 Å². The highest BCUT2D eigenvalue weighted by molar-refractivity contribution is 6.39. The molecule has 0 saturated carbocycles. The van der Waals surface area contributed by atoms with Gasteiger partial charge in [0.1, 0.15) is 5.82 Å². The van der Waals surface area contributed by atoms with Crippen molar-refractivity contribution in [3.8, 4) is 0 Å². The summed E-state index contributed by atoms with van der Waals surface area (Å²) in [5.41, 5.74) is 3.06. The van der Waals surface area contributed by atoms with E-state index in [0.29, 0.717) is 15.7 Å². The van der Waals surface area contributed by atoms with E-state index in [1.165, 1.54) is 23.3 Å². The van der Waals surface area contributed by atoms with Gasteiger partial charge in [0, 0.05) is 6.54 Å². The van der Waals surface area contributed by atoms with Crippen molar-refractivity contribution in [3.05, 3.63) is 63.4 Å². The highest BCUT2D eigenvalue weighted by atomic mass is 35.5. The minimum atomic E-state index is -0.432. The van der Waals surface area contributed by atoms with Crippen molar-refractivity contribution in [1.82, 2.24) is 5.32 Å². The zero-order valence-electron chi connectivity index (χ0n) is 11.3. The van der Waals surface area contributed by atoms with Crippen LogP contribution in [-0.2, 0) is 6.54 Å². The summed E-state index contributed by atoms with van der Waals surface area (Å²) in [7, 11) is 0. The fourth-order valence-electron chi connectivity index (χ4n) is 2.66. The third-order valence-corrected chi connectivity index (χ3v) is 4.28. The van der Waals surface area contributed by atoms with Crippen molar-refractivity contribution in [3.63, 3.8) is 0 Å². The largest absolute Gasteiger partial charge is 0.376 e. The Hall–Kier alpha value is -1.29. The van der Waals surface area contributed by atoms with Gasteiger partial charge in [0.15, 0.2) is 0 Å². The van der Waals surface area contributed by atoms with Crippen LogP contribution in [0.2, 0.25) is 10.0 Å². The molecule has 2 aromatic rings. The van der Waals surface area contributed by atoms with Gasteiger partial charge in [0.2, 0.25) is 0 Å². The summed E-state index contributed by atoms with van der Waals surface area (Å²) < 4.78 is 13.3. The van der Waals surface area contributed by atoms with Crippen LogP contribution in [0.4, 0.5) is 10.1 Å². The van der Waals surface area contributed by atoms with E-state index in [0.717, 1.165) is 19.5 Å². The second kappa shape index (κ2) is 6.22. The van der Waals surface area contributed by atoms with E-state index in [-0.39, 0.29) is 6.04 Å². The molecule has 1 aliphatic heterocycles. The number of rotatable bonds is 2. The summed E-state index contributed by atoms with van der Waals surface area (Å²) in [6.45, 7) is 1.74. The quantitative estimate of drug-likeness (QED) is 0.830. The van der Waals surface area contributed by atoms with Crippen LogP contribution < -0.4 is 10.6 Å². The van der Waals surface area contributed by atoms with E-state index < -0.39 is 5.82 Å². The lowest BCUT2D eigenvalue weighted by molar-refractivity contribution is 0.626. The molecule has 2 nitrogen and oxygen atoms in total. The second-order valence-corrected chi connectivity index (χ2v) is 5.92. The molecule has 0 fully saturated rings. The van der Waals surface area contributed by atoms with Gasteiger partial charge in [-0.25, -0.2) is 4.39 Å². The van der Waals surface area contributed by atoms with Crippen molar-refractivity contribution in [1.29, 1.82) is 0 Å².